The summed E-state index contributed by atoms with van der Waals surface area (Å²) in [4.78, 5) is 0. The smallest absolute Gasteiger partial charge is 0.0770 e. The summed E-state index contributed by atoms with van der Waals surface area (Å²) in [6, 6.07) is -0.0498. The highest BCUT2D eigenvalue weighted by atomic mass is 16.3. The van der Waals surface area contributed by atoms with Crippen LogP contribution in [-0.2, 0) is 0 Å². The quantitative estimate of drug-likeness (QED) is 0.556. The first-order valence-electron chi connectivity index (χ1n) is 4.31. The van der Waals surface area contributed by atoms with Gasteiger partial charge in [-0.05, 0) is 31.6 Å². The van der Waals surface area contributed by atoms with Crippen LogP contribution in [0.1, 0.15) is 40.0 Å². The van der Waals surface area contributed by atoms with Gasteiger partial charge in [-0.2, -0.15) is 0 Å². The van der Waals surface area contributed by atoms with Crippen molar-refractivity contribution in [3.63, 3.8) is 0 Å². The van der Waals surface area contributed by atoms with Crippen LogP contribution in [0.25, 0.3) is 0 Å². The van der Waals surface area contributed by atoms with Crippen molar-refractivity contribution in [3.8, 4) is 0 Å². The van der Waals surface area contributed by atoms with Crippen LogP contribution in [0, 0.1) is 5.41 Å². The molecule has 2 heteroatoms. The van der Waals surface area contributed by atoms with Gasteiger partial charge in [0.05, 0.1) is 5.60 Å². The Labute approximate surface area is 68.8 Å². The second-order valence-corrected chi connectivity index (χ2v) is 4.83. The number of hydrogen-bond donors (Lipinski definition) is 2. The SMILES string of the molecule is CC1(C)CCC(C)(O)C(N)C1. The first-order chi connectivity index (χ1) is 4.83. The van der Waals surface area contributed by atoms with E-state index in [1.165, 1.54) is 0 Å². The van der Waals surface area contributed by atoms with Crippen LogP contribution in [0.2, 0.25) is 0 Å². The van der Waals surface area contributed by atoms with E-state index in [1.807, 2.05) is 6.92 Å². The molecule has 1 fully saturated rings. The molecule has 0 spiro atoms. The third-order valence-corrected chi connectivity index (χ3v) is 2.88. The number of hydrogen-bond acceptors (Lipinski definition) is 2. The molecule has 0 aliphatic heterocycles. The van der Waals surface area contributed by atoms with Crippen molar-refractivity contribution in [2.24, 2.45) is 11.1 Å². The first kappa shape index (κ1) is 9.01. The molecule has 1 rings (SSSR count). The zero-order chi connectivity index (χ0) is 8.70. The van der Waals surface area contributed by atoms with E-state index in [9.17, 15) is 5.11 Å². The fourth-order valence-corrected chi connectivity index (χ4v) is 1.69. The summed E-state index contributed by atoms with van der Waals surface area (Å²) in [5, 5.41) is 9.75. The van der Waals surface area contributed by atoms with Gasteiger partial charge in [-0.3, -0.25) is 0 Å². The van der Waals surface area contributed by atoms with Crippen molar-refractivity contribution >= 4 is 0 Å². The minimum absolute atomic E-state index is 0.0498. The molecule has 0 bridgehead atoms. The molecule has 1 aliphatic carbocycles. The minimum atomic E-state index is -0.629. The Morgan fingerprint density at radius 3 is 2.18 bits per heavy atom. The zero-order valence-corrected chi connectivity index (χ0v) is 7.72. The van der Waals surface area contributed by atoms with Gasteiger partial charge < -0.3 is 10.8 Å². The number of rotatable bonds is 0. The Morgan fingerprint density at radius 1 is 1.27 bits per heavy atom. The van der Waals surface area contributed by atoms with E-state index in [0.717, 1.165) is 19.3 Å². The summed E-state index contributed by atoms with van der Waals surface area (Å²) in [6.45, 7) is 6.26. The standard InChI is InChI=1S/C9H19NO/c1-8(2)4-5-9(3,11)7(10)6-8/h7,11H,4-6,10H2,1-3H3. The molecule has 66 valence electrons. The highest BCUT2D eigenvalue weighted by Gasteiger charge is 2.39. The minimum Gasteiger partial charge on any atom is -0.389 e. The molecular weight excluding hydrogens is 138 g/mol. The summed E-state index contributed by atoms with van der Waals surface area (Å²) in [5.41, 5.74) is 5.53. The molecule has 3 N–H and O–H groups in total. The summed E-state index contributed by atoms with van der Waals surface area (Å²) in [7, 11) is 0. The van der Waals surface area contributed by atoms with Crippen LogP contribution in [0.15, 0.2) is 0 Å². The van der Waals surface area contributed by atoms with E-state index in [2.05, 4.69) is 13.8 Å². The van der Waals surface area contributed by atoms with E-state index in [1.54, 1.807) is 0 Å². The van der Waals surface area contributed by atoms with Crippen LogP contribution in [-0.4, -0.2) is 16.7 Å². The van der Waals surface area contributed by atoms with Crippen molar-refractivity contribution in [1.29, 1.82) is 0 Å². The van der Waals surface area contributed by atoms with Gasteiger partial charge in [0, 0.05) is 6.04 Å². The molecule has 0 saturated heterocycles. The molecule has 0 radical (unpaired) electrons. The lowest BCUT2D eigenvalue weighted by Gasteiger charge is -2.42. The zero-order valence-electron chi connectivity index (χ0n) is 7.72. The van der Waals surface area contributed by atoms with Crippen molar-refractivity contribution in [2.75, 3.05) is 0 Å². The van der Waals surface area contributed by atoms with Crippen LogP contribution in [0.4, 0.5) is 0 Å². The Hall–Kier alpha value is -0.0800. The molecular formula is C9H19NO. The third kappa shape index (κ3) is 1.94. The molecule has 1 aliphatic rings. The van der Waals surface area contributed by atoms with Gasteiger partial charge in [-0.1, -0.05) is 13.8 Å². The summed E-state index contributed by atoms with van der Waals surface area (Å²) in [5.74, 6) is 0. The van der Waals surface area contributed by atoms with Crippen LogP contribution in [0.3, 0.4) is 0 Å². The third-order valence-electron chi connectivity index (χ3n) is 2.88. The molecule has 2 unspecified atom stereocenters. The van der Waals surface area contributed by atoms with Crippen molar-refractivity contribution in [2.45, 2.75) is 51.7 Å². The molecule has 0 aromatic carbocycles. The first-order valence-corrected chi connectivity index (χ1v) is 4.31. The average Bonchev–Trinajstić information content (AvgIpc) is 1.81. The molecule has 0 aromatic rings. The lowest BCUT2D eigenvalue weighted by molar-refractivity contribution is -0.0284. The monoisotopic (exact) mass is 157 g/mol. The maximum Gasteiger partial charge on any atom is 0.0770 e. The van der Waals surface area contributed by atoms with Crippen LogP contribution >= 0.6 is 0 Å². The Balaban J connectivity index is 2.63. The summed E-state index contributed by atoms with van der Waals surface area (Å²) in [6.07, 6.45) is 2.84. The van der Waals surface area contributed by atoms with Gasteiger partial charge in [-0.25, -0.2) is 0 Å². The predicted octanol–water partition coefficient (Wildman–Crippen LogP) is 1.27. The molecule has 2 atom stereocenters. The molecule has 0 amide bonds. The van der Waals surface area contributed by atoms with Crippen molar-refractivity contribution in [3.05, 3.63) is 0 Å². The lowest BCUT2D eigenvalue weighted by atomic mass is 9.69. The second-order valence-electron chi connectivity index (χ2n) is 4.83. The average molecular weight is 157 g/mol. The van der Waals surface area contributed by atoms with E-state index in [4.69, 9.17) is 5.73 Å². The predicted molar refractivity (Wildman–Crippen MR) is 46.2 cm³/mol. The van der Waals surface area contributed by atoms with Gasteiger partial charge in [0.2, 0.25) is 0 Å². The van der Waals surface area contributed by atoms with Gasteiger partial charge >= 0.3 is 0 Å². The van der Waals surface area contributed by atoms with E-state index in [0.29, 0.717) is 5.41 Å². The fraction of sp³-hybridized carbons (Fsp3) is 1.00. The summed E-state index contributed by atoms with van der Waals surface area (Å²) >= 11 is 0. The number of aliphatic hydroxyl groups is 1. The van der Waals surface area contributed by atoms with Gasteiger partial charge in [0.1, 0.15) is 0 Å². The largest absolute Gasteiger partial charge is 0.389 e. The van der Waals surface area contributed by atoms with Gasteiger partial charge in [0.15, 0.2) is 0 Å². The van der Waals surface area contributed by atoms with Gasteiger partial charge in [-0.15, -0.1) is 0 Å². The highest BCUT2D eigenvalue weighted by Crippen LogP contribution is 2.39. The topological polar surface area (TPSA) is 46.2 Å². The van der Waals surface area contributed by atoms with Crippen LogP contribution in [0.5, 0.6) is 0 Å². The normalized spacial score (nSPS) is 43.9. The second kappa shape index (κ2) is 2.46. The van der Waals surface area contributed by atoms with E-state index < -0.39 is 5.60 Å². The Kier molecular flexibility index (Phi) is 2.01. The van der Waals surface area contributed by atoms with E-state index in [-0.39, 0.29) is 6.04 Å². The lowest BCUT2D eigenvalue weighted by Crippen LogP contribution is -2.51. The molecule has 11 heavy (non-hydrogen) atoms. The van der Waals surface area contributed by atoms with Crippen molar-refractivity contribution < 1.29 is 5.11 Å². The molecule has 0 aromatic heterocycles. The molecule has 1 saturated carbocycles. The Bertz CT molecular complexity index is 152. The maximum atomic E-state index is 9.75. The Morgan fingerprint density at radius 2 is 1.82 bits per heavy atom. The van der Waals surface area contributed by atoms with Crippen molar-refractivity contribution in [1.82, 2.24) is 0 Å². The highest BCUT2D eigenvalue weighted by molar-refractivity contribution is 4.95. The maximum absolute atomic E-state index is 9.75. The molecule has 2 nitrogen and oxygen atoms in total. The molecule has 0 heterocycles. The van der Waals surface area contributed by atoms with Crippen LogP contribution < -0.4 is 5.73 Å². The summed E-state index contributed by atoms with van der Waals surface area (Å²) < 4.78 is 0. The van der Waals surface area contributed by atoms with E-state index >= 15 is 0 Å². The fourth-order valence-electron chi connectivity index (χ4n) is 1.69. The number of nitrogens with two attached hydrogens (primary N) is 1. The van der Waals surface area contributed by atoms with Gasteiger partial charge in [0.25, 0.3) is 0 Å².